The average Bonchev–Trinajstić information content (AvgIpc) is 2.96. The number of carbonyl (C=O) groups is 1. The number of hydrogen-bond donors (Lipinski definition) is 1. The molecule has 1 N–H and O–H groups in total. The highest BCUT2D eigenvalue weighted by atomic mass is 16.1. The Labute approximate surface area is 187 Å². The van der Waals surface area contributed by atoms with Crippen molar-refractivity contribution in [3.05, 3.63) is 18.0 Å². The monoisotopic (exact) mass is 424 g/mol. The van der Waals surface area contributed by atoms with E-state index in [2.05, 4.69) is 67.8 Å². The number of carbonyl (C=O) groups excluding carboxylic acids is 1. The fraction of sp³-hybridized carbons (Fsp3) is 0.731. The first kappa shape index (κ1) is 22.3. The molecule has 0 saturated heterocycles. The normalized spacial score (nSPS) is 35.1. The van der Waals surface area contributed by atoms with Gasteiger partial charge in [0.1, 0.15) is 0 Å². The molecule has 1 aromatic heterocycles. The zero-order valence-electron chi connectivity index (χ0n) is 20.3. The number of hydrogen-bond acceptors (Lipinski definition) is 3. The molecule has 4 rings (SSSR count). The van der Waals surface area contributed by atoms with E-state index in [0.29, 0.717) is 5.95 Å². The molecule has 0 aromatic carbocycles. The van der Waals surface area contributed by atoms with Crippen molar-refractivity contribution in [2.75, 3.05) is 5.32 Å². The number of nitrogens with one attached hydrogen (secondary N) is 1. The van der Waals surface area contributed by atoms with E-state index in [1.165, 1.54) is 70.4 Å². The van der Waals surface area contributed by atoms with Crippen molar-refractivity contribution >= 4 is 23.6 Å². The lowest BCUT2D eigenvalue weighted by Gasteiger charge is -2.58. The van der Waals surface area contributed by atoms with Crippen LogP contribution in [0.5, 0.6) is 0 Å². The van der Waals surface area contributed by atoms with Gasteiger partial charge in [-0.15, -0.1) is 5.10 Å². The van der Waals surface area contributed by atoms with Crippen LogP contribution in [0.15, 0.2) is 12.2 Å². The van der Waals surface area contributed by atoms with Crippen LogP contribution < -0.4 is 5.32 Å². The molecule has 1 aliphatic heterocycles. The molecule has 2 heterocycles. The number of anilines is 1. The van der Waals surface area contributed by atoms with Gasteiger partial charge in [-0.25, -0.2) is 4.68 Å². The number of rotatable bonds is 2. The number of nitrogens with zero attached hydrogens (tertiary/aromatic N) is 3. The van der Waals surface area contributed by atoms with E-state index in [-0.39, 0.29) is 27.6 Å². The van der Waals surface area contributed by atoms with E-state index in [4.69, 9.17) is 5.10 Å². The van der Waals surface area contributed by atoms with E-state index in [1.54, 1.807) is 0 Å². The summed E-state index contributed by atoms with van der Waals surface area (Å²) < 4.78 is 2.06. The summed E-state index contributed by atoms with van der Waals surface area (Å²) in [6, 6.07) is 0. The molecule has 5 heteroatoms. The summed E-state index contributed by atoms with van der Waals surface area (Å²) in [6.07, 6.45) is 18.3. The number of allylic oxidation sites excluding steroid dienone is 3. The Bertz CT molecular complexity index is 902. The molecule has 2 aliphatic carbocycles. The summed E-state index contributed by atoms with van der Waals surface area (Å²) in [6.45, 7) is 13.7. The second-order valence-corrected chi connectivity index (χ2v) is 11.6. The molecule has 1 aromatic rings. The Morgan fingerprint density at radius 2 is 1.48 bits per heavy atom. The summed E-state index contributed by atoms with van der Waals surface area (Å²) in [5, 5.41) is 7.65. The molecular weight excluding hydrogens is 384 g/mol. The predicted molar refractivity (Wildman–Crippen MR) is 127 cm³/mol. The molecule has 0 radical (unpaired) electrons. The summed E-state index contributed by atoms with van der Waals surface area (Å²) >= 11 is 0. The van der Waals surface area contributed by atoms with E-state index in [0.717, 1.165) is 5.82 Å². The third-order valence-corrected chi connectivity index (χ3v) is 8.91. The summed E-state index contributed by atoms with van der Waals surface area (Å²) in [5.41, 5.74) is 1.53. The highest BCUT2D eigenvalue weighted by Crippen LogP contribution is 2.67. The van der Waals surface area contributed by atoms with Gasteiger partial charge in [0.25, 0.3) is 0 Å². The Morgan fingerprint density at radius 1 is 0.935 bits per heavy atom. The minimum atomic E-state index is -0.139. The van der Waals surface area contributed by atoms with Crippen LogP contribution in [0.25, 0.3) is 11.8 Å². The first-order chi connectivity index (χ1) is 14.5. The van der Waals surface area contributed by atoms with Crippen LogP contribution in [0.4, 0.5) is 5.95 Å². The van der Waals surface area contributed by atoms with Crippen molar-refractivity contribution in [3.63, 3.8) is 0 Å². The highest BCUT2D eigenvalue weighted by Gasteiger charge is 2.59. The molecule has 2 bridgehead atoms. The zero-order chi connectivity index (χ0) is 22.5. The maximum atomic E-state index is 11.7. The lowest BCUT2D eigenvalue weighted by atomic mass is 9.47. The van der Waals surface area contributed by atoms with Gasteiger partial charge in [-0.1, -0.05) is 78.9 Å². The van der Waals surface area contributed by atoms with Gasteiger partial charge in [-0.3, -0.25) is 10.1 Å². The fourth-order valence-electron chi connectivity index (χ4n) is 6.76. The molecule has 5 nitrogen and oxygen atoms in total. The Morgan fingerprint density at radius 3 is 2.03 bits per heavy atom. The van der Waals surface area contributed by atoms with Crippen molar-refractivity contribution in [2.24, 2.45) is 21.7 Å². The van der Waals surface area contributed by atoms with Gasteiger partial charge in [0, 0.05) is 23.5 Å². The average molecular weight is 425 g/mol. The second kappa shape index (κ2) is 7.60. The maximum Gasteiger partial charge on any atom is 0.249 e. The van der Waals surface area contributed by atoms with Crippen molar-refractivity contribution < 1.29 is 4.79 Å². The second-order valence-electron chi connectivity index (χ2n) is 11.6. The smallest absolute Gasteiger partial charge is 0.249 e. The maximum absolute atomic E-state index is 11.7. The van der Waals surface area contributed by atoms with Gasteiger partial charge in [0.2, 0.25) is 11.9 Å². The van der Waals surface area contributed by atoms with Crippen molar-refractivity contribution in [1.82, 2.24) is 14.8 Å². The van der Waals surface area contributed by atoms with Gasteiger partial charge in [-0.05, 0) is 42.6 Å². The molecule has 3 aliphatic rings. The van der Waals surface area contributed by atoms with Crippen LogP contribution in [-0.2, 0) is 4.79 Å². The summed E-state index contributed by atoms with van der Waals surface area (Å²) in [5.74, 6) is 1.07. The van der Waals surface area contributed by atoms with Gasteiger partial charge in [-0.2, -0.15) is 4.98 Å². The molecule has 2 unspecified atom stereocenters. The van der Waals surface area contributed by atoms with Crippen molar-refractivity contribution in [1.29, 1.82) is 0 Å². The molecule has 170 valence electrons. The van der Waals surface area contributed by atoms with Gasteiger partial charge in [0.15, 0.2) is 5.82 Å². The van der Waals surface area contributed by atoms with Crippen LogP contribution in [-0.4, -0.2) is 20.7 Å². The fourth-order valence-corrected chi connectivity index (χ4v) is 6.76. The predicted octanol–water partition coefficient (Wildman–Crippen LogP) is 6.69. The molecule has 31 heavy (non-hydrogen) atoms. The first-order valence-corrected chi connectivity index (χ1v) is 12.2. The van der Waals surface area contributed by atoms with Crippen molar-refractivity contribution in [2.45, 2.75) is 99.3 Å². The largest absolute Gasteiger partial charge is 0.293 e. The van der Waals surface area contributed by atoms with Crippen LogP contribution >= 0.6 is 0 Å². The third-order valence-electron chi connectivity index (χ3n) is 8.91. The van der Waals surface area contributed by atoms with Gasteiger partial charge in [0.05, 0.1) is 0 Å². The molecule has 1 amide bonds. The lowest BCUT2D eigenvalue weighted by Crippen LogP contribution is -2.51. The quantitative estimate of drug-likeness (QED) is 0.575. The minimum Gasteiger partial charge on any atom is -0.293 e. The molecular formula is C26H40N4O. The first-order valence-electron chi connectivity index (χ1n) is 12.2. The minimum absolute atomic E-state index is 0.0455. The highest BCUT2D eigenvalue weighted by molar-refractivity contribution is 5.86. The molecule has 2 atom stereocenters. The number of aromatic nitrogens is 3. The molecule has 2 saturated carbocycles. The third kappa shape index (κ3) is 3.68. The van der Waals surface area contributed by atoms with Crippen LogP contribution in [0.3, 0.4) is 0 Å². The van der Waals surface area contributed by atoms with E-state index >= 15 is 0 Å². The Balaban J connectivity index is 1.97. The van der Waals surface area contributed by atoms with Crippen LogP contribution in [0.2, 0.25) is 0 Å². The molecule has 2 fully saturated rings. The molecule has 0 spiro atoms. The Kier molecular flexibility index (Phi) is 5.46. The van der Waals surface area contributed by atoms with Crippen molar-refractivity contribution in [3.8, 4) is 0 Å². The van der Waals surface area contributed by atoms with Gasteiger partial charge >= 0.3 is 0 Å². The Hall–Kier alpha value is -1.91. The van der Waals surface area contributed by atoms with Crippen LogP contribution in [0.1, 0.15) is 105 Å². The number of fused-ring (bicyclic) bond motifs is 3. The SMILES string of the molecule is CC(=O)Nc1nc2n(n1)C(C1(C)C3(C)CCCCCC1(C)CCCC3)=CC(C)(C)C=C2. The van der Waals surface area contributed by atoms with E-state index < -0.39 is 0 Å². The number of amides is 1. The zero-order valence-corrected chi connectivity index (χ0v) is 20.3. The topological polar surface area (TPSA) is 59.8 Å². The summed E-state index contributed by atoms with van der Waals surface area (Å²) in [4.78, 5) is 16.4. The van der Waals surface area contributed by atoms with E-state index in [9.17, 15) is 4.79 Å². The standard InChI is InChI=1S/C26H40N4O/c1-19(31)27-22-28-21-12-17-23(2,3)18-20(30(21)29-22)26(6)24(4)13-8-7-9-14-25(26,5)16-11-10-15-24/h12,17-18H,7-11,13-16H2,1-6H3,(H,27,29,31). The van der Waals surface area contributed by atoms with Gasteiger partial charge < -0.3 is 0 Å². The van der Waals surface area contributed by atoms with Crippen LogP contribution in [0, 0.1) is 21.7 Å². The lowest BCUT2D eigenvalue weighted by molar-refractivity contribution is -0.114. The summed E-state index contributed by atoms with van der Waals surface area (Å²) in [7, 11) is 0. The van der Waals surface area contributed by atoms with E-state index in [1.807, 2.05) is 0 Å².